The first-order chi connectivity index (χ1) is 10.4. The van der Waals surface area contributed by atoms with E-state index in [9.17, 15) is 8.78 Å². The molecule has 0 aromatic heterocycles. The molecule has 0 amide bonds. The number of hydrogen-bond donors (Lipinski definition) is 2. The second kappa shape index (κ2) is 7.16. The lowest BCUT2D eigenvalue weighted by molar-refractivity contribution is 0.159. The number of thiocarbonyl (C=S) groups is 1. The number of rotatable bonds is 5. The van der Waals surface area contributed by atoms with E-state index in [2.05, 4.69) is 26.1 Å². The summed E-state index contributed by atoms with van der Waals surface area (Å²) in [6.45, 7) is 2.57. The molecule has 0 aliphatic carbocycles. The Balaban J connectivity index is 2.29. The summed E-state index contributed by atoms with van der Waals surface area (Å²) >= 11 is 8.62. The van der Waals surface area contributed by atoms with Crippen LogP contribution in [0.4, 0.5) is 8.78 Å². The highest BCUT2D eigenvalue weighted by Crippen LogP contribution is 2.41. The van der Waals surface area contributed by atoms with Crippen molar-refractivity contribution in [2.45, 2.75) is 10.4 Å². The molecular weight excluding hydrogens is 376 g/mol. The monoisotopic (exact) mass is 393 g/mol. The van der Waals surface area contributed by atoms with Gasteiger partial charge in [0.2, 0.25) is 0 Å². The van der Waals surface area contributed by atoms with Crippen molar-refractivity contribution >= 4 is 33.3 Å². The number of ether oxygens (including phenoxy) is 1. The fourth-order valence-electron chi connectivity index (χ4n) is 2.67. The van der Waals surface area contributed by atoms with Crippen molar-refractivity contribution in [1.29, 1.82) is 0 Å². The molecule has 0 radical (unpaired) electrons. The van der Waals surface area contributed by atoms with Crippen LogP contribution in [0.25, 0.3) is 0 Å². The van der Waals surface area contributed by atoms with Gasteiger partial charge in [-0.15, -0.1) is 0 Å². The third kappa shape index (κ3) is 3.73. The first-order valence-electron chi connectivity index (χ1n) is 6.78. The van der Waals surface area contributed by atoms with E-state index in [0.717, 1.165) is 12.6 Å². The molecule has 4 nitrogen and oxygen atoms in total. The Labute approximate surface area is 142 Å². The zero-order valence-corrected chi connectivity index (χ0v) is 14.5. The quantitative estimate of drug-likeness (QED) is 0.589. The summed E-state index contributed by atoms with van der Waals surface area (Å²) in [4.78, 5) is 2.15. The van der Waals surface area contributed by atoms with E-state index >= 15 is 0 Å². The molecule has 0 spiro atoms. The van der Waals surface area contributed by atoms with E-state index in [4.69, 9.17) is 22.7 Å². The van der Waals surface area contributed by atoms with Crippen molar-refractivity contribution in [3.8, 4) is 0 Å². The minimum atomic E-state index is -0.874. The Morgan fingerprint density at radius 2 is 2.27 bits per heavy atom. The molecule has 0 saturated carbocycles. The minimum Gasteiger partial charge on any atom is -0.383 e. The number of nitrogens with one attached hydrogen (secondary N) is 1. The van der Waals surface area contributed by atoms with Gasteiger partial charge in [-0.05, 0) is 29.9 Å². The fraction of sp³-hybridized carbons (Fsp3) is 0.500. The van der Waals surface area contributed by atoms with Crippen LogP contribution in [0.1, 0.15) is 5.56 Å². The van der Waals surface area contributed by atoms with Gasteiger partial charge in [0, 0.05) is 26.7 Å². The Bertz CT molecular complexity index is 563. The zero-order valence-electron chi connectivity index (χ0n) is 12.1. The van der Waals surface area contributed by atoms with Crippen LogP contribution in [0.5, 0.6) is 0 Å². The number of methoxy groups -OCH3 is 1. The van der Waals surface area contributed by atoms with E-state index in [-0.39, 0.29) is 11.2 Å². The molecule has 1 aromatic carbocycles. The van der Waals surface area contributed by atoms with Crippen LogP contribution in [0.3, 0.4) is 0 Å². The van der Waals surface area contributed by atoms with E-state index in [0.29, 0.717) is 25.3 Å². The molecule has 8 heteroatoms. The number of nitrogens with zero attached hydrogens (tertiary/aromatic N) is 1. The Hall–Kier alpha value is -0.830. The molecule has 1 heterocycles. The first kappa shape index (κ1) is 17.5. The van der Waals surface area contributed by atoms with Gasteiger partial charge in [-0.1, -0.05) is 22.0 Å². The van der Waals surface area contributed by atoms with Gasteiger partial charge in [0.25, 0.3) is 0 Å². The summed E-state index contributed by atoms with van der Waals surface area (Å²) < 4.78 is 31.3. The van der Waals surface area contributed by atoms with Crippen molar-refractivity contribution in [2.24, 2.45) is 5.73 Å². The first-order valence-corrected chi connectivity index (χ1v) is 7.98. The lowest BCUT2D eigenvalue weighted by Gasteiger charge is -2.30. The van der Waals surface area contributed by atoms with E-state index in [1.165, 1.54) is 6.07 Å². The van der Waals surface area contributed by atoms with Gasteiger partial charge >= 0.3 is 0 Å². The molecule has 1 aliphatic rings. The molecule has 22 heavy (non-hydrogen) atoms. The van der Waals surface area contributed by atoms with Crippen LogP contribution in [0, 0.1) is 11.6 Å². The highest BCUT2D eigenvalue weighted by molar-refractivity contribution is 9.09. The van der Waals surface area contributed by atoms with Crippen molar-refractivity contribution in [3.05, 3.63) is 35.4 Å². The van der Waals surface area contributed by atoms with Crippen LogP contribution in [-0.4, -0.2) is 49.4 Å². The topological polar surface area (TPSA) is 50.5 Å². The minimum absolute atomic E-state index is 0.160. The third-order valence-electron chi connectivity index (χ3n) is 3.77. The molecule has 3 N–H and O–H groups in total. The molecule has 2 atom stereocenters. The van der Waals surface area contributed by atoms with Gasteiger partial charge in [-0.25, -0.2) is 8.78 Å². The Kier molecular flexibility index (Phi) is 5.70. The fourth-order valence-corrected chi connectivity index (χ4v) is 3.68. The number of likely N-dealkylation sites (tertiary alicyclic amines) is 1. The van der Waals surface area contributed by atoms with Crippen molar-refractivity contribution in [3.63, 3.8) is 0 Å². The van der Waals surface area contributed by atoms with Crippen LogP contribution < -0.4 is 11.1 Å². The van der Waals surface area contributed by atoms with Gasteiger partial charge in [0.1, 0.15) is 0 Å². The summed E-state index contributed by atoms with van der Waals surface area (Å²) in [6.07, 6.45) is 0. The van der Waals surface area contributed by atoms with Crippen LogP contribution in [0.15, 0.2) is 18.2 Å². The smallest absolute Gasteiger partial charge is 0.163 e. The largest absolute Gasteiger partial charge is 0.383 e. The van der Waals surface area contributed by atoms with Crippen LogP contribution in [0.2, 0.25) is 0 Å². The molecule has 1 aliphatic heterocycles. The molecule has 1 aromatic rings. The summed E-state index contributed by atoms with van der Waals surface area (Å²) in [6, 6.07) is 3.75. The van der Waals surface area contributed by atoms with E-state index in [1.54, 1.807) is 13.2 Å². The van der Waals surface area contributed by atoms with Gasteiger partial charge in [0.05, 0.1) is 17.0 Å². The third-order valence-corrected chi connectivity index (χ3v) is 5.15. The second-order valence-corrected chi connectivity index (χ2v) is 7.14. The maximum absolute atomic E-state index is 13.6. The maximum Gasteiger partial charge on any atom is 0.163 e. The summed E-state index contributed by atoms with van der Waals surface area (Å²) in [5.41, 5.74) is 6.23. The van der Waals surface area contributed by atoms with Gasteiger partial charge in [-0.2, -0.15) is 0 Å². The SMILES string of the molecule is COCCN1C[C@H](NC(N)=S)[C@@](Br)(c2ccc(F)c(F)c2)C1. The highest BCUT2D eigenvalue weighted by Gasteiger charge is 2.46. The summed E-state index contributed by atoms with van der Waals surface area (Å²) in [5.74, 6) is -1.74. The van der Waals surface area contributed by atoms with Crippen LogP contribution >= 0.6 is 28.1 Å². The predicted molar refractivity (Wildman–Crippen MR) is 89.0 cm³/mol. The standard InChI is InChI=1S/C14H18BrF2N3OS/c1-21-5-4-20-7-12(19-13(18)22)14(15,8-20)9-2-3-10(16)11(17)6-9/h2-3,6,12H,4-5,7-8H2,1H3,(H3,18,19,22)/t12-,14-/m0/s1. The molecular formula is C14H18BrF2N3OS. The predicted octanol–water partition coefficient (Wildman–Crippen LogP) is 1.72. The summed E-state index contributed by atoms with van der Waals surface area (Å²) in [7, 11) is 1.64. The van der Waals surface area contributed by atoms with Crippen molar-refractivity contribution in [2.75, 3.05) is 33.4 Å². The number of alkyl halides is 1. The number of nitrogens with two attached hydrogens (primary N) is 1. The Morgan fingerprint density at radius 3 is 2.86 bits per heavy atom. The molecule has 0 unspecified atom stereocenters. The Morgan fingerprint density at radius 1 is 1.55 bits per heavy atom. The molecule has 2 rings (SSSR count). The molecule has 122 valence electrons. The van der Waals surface area contributed by atoms with Crippen LogP contribution in [-0.2, 0) is 9.06 Å². The average Bonchev–Trinajstić information content (AvgIpc) is 2.76. The number of hydrogen-bond acceptors (Lipinski definition) is 3. The van der Waals surface area contributed by atoms with Gasteiger partial charge in [-0.3, -0.25) is 4.90 Å². The normalized spacial score (nSPS) is 25.4. The zero-order chi connectivity index (χ0) is 16.3. The molecule has 1 fully saturated rings. The highest BCUT2D eigenvalue weighted by atomic mass is 79.9. The van der Waals surface area contributed by atoms with Gasteiger partial charge in [0.15, 0.2) is 16.7 Å². The average molecular weight is 394 g/mol. The molecule has 0 bridgehead atoms. The summed E-state index contributed by atoms with van der Waals surface area (Å²) in [5, 5.41) is 3.21. The molecule has 1 saturated heterocycles. The van der Waals surface area contributed by atoms with Crippen molar-refractivity contribution < 1.29 is 13.5 Å². The van der Waals surface area contributed by atoms with E-state index in [1.807, 2.05) is 0 Å². The lowest BCUT2D eigenvalue weighted by atomic mass is 9.94. The van der Waals surface area contributed by atoms with Crippen molar-refractivity contribution in [1.82, 2.24) is 10.2 Å². The van der Waals surface area contributed by atoms with Gasteiger partial charge < -0.3 is 15.8 Å². The maximum atomic E-state index is 13.6. The number of halogens is 3. The number of benzene rings is 1. The van der Waals surface area contributed by atoms with E-state index < -0.39 is 16.0 Å². The lowest BCUT2D eigenvalue weighted by Crippen LogP contribution is -2.48. The second-order valence-electron chi connectivity index (χ2n) is 5.28.